The molecule has 0 radical (unpaired) electrons. The molecule has 2 aromatic rings. The molecule has 3 rings (SSSR count). The van der Waals surface area contributed by atoms with E-state index < -0.39 is 0 Å². The maximum absolute atomic E-state index is 12.5. The van der Waals surface area contributed by atoms with E-state index in [0.717, 1.165) is 29.2 Å². The van der Waals surface area contributed by atoms with Gasteiger partial charge in [-0.2, -0.15) is 0 Å². The maximum atomic E-state index is 12.5. The van der Waals surface area contributed by atoms with E-state index in [1.807, 2.05) is 37.3 Å². The van der Waals surface area contributed by atoms with E-state index in [0.29, 0.717) is 13.2 Å². The SMILES string of the molecule is Cc1cc(CN(C)C(=O)[C@H]2COc3ccccc3C2)no1. The van der Waals surface area contributed by atoms with E-state index in [2.05, 4.69) is 5.16 Å². The number of aryl methyl sites for hydroxylation is 1. The number of nitrogens with zero attached hydrogens (tertiary/aromatic N) is 2. The van der Waals surface area contributed by atoms with Crippen LogP contribution < -0.4 is 4.74 Å². The lowest BCUT2D eigenvalue weighted by molar-refractivity contribution is -0.136. The second kappa shape index (κ2) is 5.60. The summed E-state index contributed by atoms with van der Waals surface area (Å²) in [6, 6.07) is 9.71. The zero-order chi connectivity index (χ0) is 14.8. The Morgan fingerprint density at radius 2 is 2.24 bits per heavy atom. The number of benzene rings is 1. The fourth-order valence-corrected chi connectivity index (χ4v) is 2.61. The number of rotatable bonds is 3. The highest BCUT2D eigenvalue weighted by Crippen LogP contribution is 2.27. The summed E-state index contributed by atoms with van der Waals surface area (Å²) in [5, 5.41) is 3.92. The first kappa shape index (κ1) is 13.7. The van der Waals surface area contributed by atoms with Crippen LogP contribution in [0.3, 0.4) is 0 Å². The number of ether oxygens (including phenoxy) is 1. The minimum Gasteiger partial charge on any atom is -0.492 e. The van der Waals surface area contributed by atoms with Gasteiger partial charge < -0.3 is 14.2 Å². The van der Waals surface area contributed by atoms with Gasteiger partial charge in [-0.15, -0.1) is 0 Å². The lowest BCUT2D eigenvalue weighted by atomic mass is 9.95. The lowest BCUT2D eigenvalue weighted by Gasteiger charge is -2.27. The van der Waals surface area contributed by atoms with E-state index in [1.165, 1.54) is 0 Å². The van der Waals surface area contributed by atoms with Crippen LogP contribution in [0.4, 0.5) is 0 Å². The summed E-state index contributed by atoms with van der Waals surface area (Å²) in [5.41, 5.74) is 1.85. The number of fused-ring (bicyclic) bond motifs is 1. The Balaban J connectivity index is 1.66. The molecular weight excluding hydrogens is 268 g/mol. The minimum absolute atomic E-state index is 0.0742. The molecule has 0 fully saturated rings. The molecule has 110 valence electrons. The quantitative estimate of drug-likeness (QED) is 0.868. The lowest BCUT2D eigenvalue weighted by Crippen LogP contribution is -2.38. The number of hydrogen-bond acceptors (Lipinski definition) is 4. The second-order valence-electron chi connectivity index (χ2n) is 5.44. The molecule has 1 atom stereocenters. The fourth-order valence-electron chi connectivity index (χ4n) is 2.61. The van der Waals surface area contributed by atoms with Gasteiger partial charge >= 0.3 is 0 Å². The molecule has 0 aliphatic carbocycles. The molecule has 0 bridgehead atoms. The monoisotopic (exact) mass is 286 g/mol. The van der Waals surface area contributed by atoms with Crippen molar-refractivity contribution in [3.8, 4) is 5.75 Å². The molecule has 21 heavy (non-hydrogen) atoms. The predicted molar refractivity (Wildman–Crippen MR) is 76.8 cm³/mol. The van der Waals surface area contributed by atoms with Crippen LogP contribution >= 0.6 is 0 Å². The average Bonchev–Trinajstić information content (AvgIpc) is 2.91. The van der Waals surface area contributed by atoms with Gasteiger partial charge in [-0.25, -0.2) is 0 Å². The highest BCUT2D eigenvalue weighted by Gasteiger charge is 2.28. The Bertz CT molecular complexity index is 650. The summed E-state index contributed by atoms with van der Waals surface area (Å²) in [4.78, 5) is 14.2. The van der Waals surface area contributed by atoms with Crippen LogP contribution in [-0.4, -0.2) is 29.6 Å². The van der Waals surface area contributed by atoms with E-state index >= 15 is 0 Å². The van der Waals surface area contributed by atoms with Gasteiger partial charge in [-0.1, -0.05) is 23.4 Å². The van der Waals surface area contributed by atoms with Crippen molar-refractivity contribution < 1.29 is 14.1 Å². The summed E-state index contributed by atoms with van der Waals surface area (Å²) < 4.78 is 10.7. The molecule has 0 unspecified atom stereocenters. The van der Waals surface area contributed by atoms with Crippen molar-refractivity contribution in [2.24, 2.45) is 5.92 Å². The third-order valence-corrected chi connectivity index (χ3v) is 3.68. The first-order valence-corrected chi connectivity index (χ1v) is 7.01. The molecular formula is C16H18N2O3. The van der Waals surface area contributed by atoms with Crippen LogP contribution in [0.25, 0.3) is 0 Å². The summed E-state index contributed by atoms with van der Waals surface area (Å²) in [5.74, 6) is 1.57. The van der Waals surface area contributed by atoms with Gasteiger partial charge in [-0.3, -0.25) is 4.79 Å². The largest absolute Gasteiger partial charge is 0.492 e. The zero-order valence-corrected chi connectivity index (χ0v) is 12.2. The molecule has 0 saturated heterocycles. The van der Waals surface area contributed by atoms with E-state index in [-0.39, 0.29) is 11.8 Å². The molecule has 5 heteroatoms. The third-order valence-electron chi connectivity index (χ3n) is 3.68. The van der Waals surface area contributed by atoms with E-state index in [9.17, 15) is 4.79 Å². The number of carbonyl (C=O) groups is 1. The van der Waals surface area contributed by atoms with Crippen LogP contribution in [0.1, 0.15) is 17.0 Å². The Kier molecular flexibility index (Phi) is 3.64. The van der Waals surface area contributed by atoms with Gasteiger partial charge in [0.1, 0.15) is 23.8 Å². The highest BCUT2D eigenvalue weighted by molar-refractivity contribution is 5.79. The predicted octanol–water partition coefficient (Wildman–Crippen LogP) is 2.19. The summed E-state index contributed by atoms with van der Waals surface area (Å²) in [6.07, 6.45) is 0.719. The van der Waals surface area contributed by atoms with Crippen LogP contribution in [0.5, 0.6) is 5.75 Å². The normalized spacial score (nSPS) is 17.0. The zero-order valence-electron chi connectivity index (χ0n) is 12.2. The van der Waals surface area contributed by atoms with Crippen LogP contribution in [0.2, 0.25) is 0 Å². The molecule has 2 heterocycles. The van der Waals surface area contributed by atoms with E-state index in [1.54, 1.807) is 11.9 Å². The molecule has 5 nitrogen and oxygen atoms in total. The molecule has 1 aliphatic heterocycles. The number of hydrogen-bond donors (Lipinski definition) is 0. The van der Waals surface area contributed by atoms with Crippen LogP contribution in [0, 0.1) is 12.8 Å². The van der Waals surface area contributed by atoms with Gasteiger partial charge in [0.25, 0.3) is 0 Å². The van der Waals surface area contributed by atoms with Crippen molar-refractivity contribution >= 4 is 5.91 Å². The van der Waals surface area contributed by atoms with Gasteiger partial charge in [-0.05, 0) is 25.0 Å². The van der Waals surface area contributed by atoms with Crippen molar-refractivity contribution in [3.63, 3.8) is 0 Å². The number of aromatic nitrogens is 1. The van der Waals surface area contributed by atoms with Crippen molar-refractivity contribution in [2.75, 3.05) is 13.7 Å². The van der Waals surface area contributed by atoms with Crippen molar-refractivity contribution in [1.82, 2.24) is 10.1 Å². The number of para-hydroxylation sites is 1. The standard InChI is InChI=1S/C16H18N2O3/c1-11-7-14(17-21-11)9-18(2)16(19)13-8-12-5-3-4-6-15(12)20-10-13/h3-7,13H,8-10H2,1-2H3/t13-/m1/s1. The van der Waals surface area contributed by atoms with Crippen LogP contribution in [0.15, 0.2) is 34.9 Å². The molecule has 1 aliphatic rings. The Labute approximate surface area is 123 Å². The minimum atomic E-state index is -0.141. The molecule has 1 aromatic carbocycles. The van der Waals surface area contributed by atoms with Crippen molar-refractivity contribution in [2.45, 2.75) is 19.9 Å². The Morgan fingerprint density at radius 1 is 1.43 bits per heavy atom. The first-order chi connectivity index (χ1) is 10.1. The van der Waals surface area contributed by atoms with Crippen molar-refractivity contribution in [1.29, 1.82) is 0 Å². The van der Waals surface area contributed by atoms with Crippen LogP contribution in [-0.2, 0) is 17.8 Å². The highest BCUT2D eigenvalue weighted by atomic mass is 16.5. The summed E-state index contributed by atoms with van der Waals surface area (Å²) in [7, 11) is 1.78. The average molecular weight is 286 g/mol. The maximum Gasteiger partial charge on any atom is 0.229 e. The van der Waals surface area contributed by atoms with Gasteiger partial charge in [0, 0.05) is 13.1 Å². The number of amides is 1. The van der Waals surface area contributed by atoms with Gasteiger partial charge in [0.2, 0.25) is 5.91 Å². The second-order valence-corrected chi connectivity index (χ2v) is 5.44. The molecule has 0 saturated carbocycles. The topological polar surface area (TPSA) is 55.6 Å². The van der Waals surface area contributed by atoms with Gasteiger partial charge in [0.05, 0.1) is 12.5 Å². The van der Waals surface area contributed by atoms with Gasteiger partial charge in [0.15, 0.2) is 0 Å². The Hall–Kier alpha value is -2.30. The summed E-state index contributed by atoms with van der Waals surface area (Å²) in [6.45, 7) is 2.72. The third kappa shape index (κ3) is 2.91. The first-order valence-electron chi connectivity index (χ1n) is 7.01. The number of carbonyl (C=O) groups excluding carboxylic acids is 1. The molecule has 1 aromatic heterocycles. The molecule has 0 N–H and O–H groups in total. The molecule has 1 amide bonds. The summed E-state index contributed by atoms with van der Waals surface area (Å²) >= 11 is 0. The molecule has 0 spiro atoms. The fraction of sp³-hybridized carbons (Fsp3) is 0.375. The Morgan fingerprint density at radius 3 is 3.00 bits per heavy atom. The van der Waals surface area contributed by atoms with Crippen molar-refractivity contribution in [3.05, 3.63) is 47.3 Å². The smallest absolute Gasteiger partial charge is 0.229 e. The van der Waals surface area contributed by atoms with E-state index in [4.69, 9.17) is 9.26 Å².